The van der Waals surface area contributed by atoms with E-state index in [1.54, 1.807) is 0 Å². The number of carbonyl (C=O) groups excluding carboxylic acids is 1. The average molecular weight is 282 g/mol. The minimum Gasteiger partial charge on any atom is -0.477 e. The molecule has 0 radical (unpaired) electrons. The Labute approximate surface area is 113 Å². The molecule has 20 heavy (non-hydrogen) atoms. The van der Waals surface area contributed by atoms with Crippen LogP contribution in [0.15, 0.2) is 30.0 Å². The predicted molar refractivity (Wildman–Crippen MR) is 66.8 cm³/mol. The fourth-order valence-corrected chi connectivity index (χ4v) is 1.42. The van der Waals surface area contributed by atoms with Crippen molar-refractivity contribution < 1.29 is 24.0 Å². The molecule has 1 aromatic carbocycles. The van der Waals surface area contributed by atoms with Crippen LogP contribution in [-0.4, -0.2) is 40.8 Å². The largest absolute Gasteiger partial charge is 0.477 e. The second kappa shape index (κ2) is 5.91. The van der Waals surface area contributed by atoms with Gasteiger partial charge >= 0.3 is 5.97 Å². The quantitative estimate of drug-likeness (QED) is 0.219. The maximum atomic E-state index is 13.6. The molecule has 1 N–H and O–H groups in total. The van der Waals surface area contributed by atoms with Crippen molar-refractivity contribution in [2.75, 3.05) is 14.1 Å². The summed E-state index contributed by atoms with van der Waals surface area (Å²) in [5.74, 6) is -3.70. The topological polar surface area (TPSA) is 101 Å². The minimum absolute atomic E-state index is 0.496. The molecule has 0 aliphatic carbocycles. The number of nitro groups is 1. The highest BCUT2D eigenvalue weighted by atomic mass is 19.1. The second-order valence-electron chi connectivity index (χ2n) is 4.06. The normalized spacial score (nSPS) is 11.1. The van der Waals surface area contributed by atoms with E-state index >= 15 is 0 Å². The van der Waals surface area contributed by atoms with Gasteiger partial charge in [0, 0.05) is 32.4 Å². The zero-order chi connectivity index (χ0) is 15.4. The van der Waals surface area contributed by atoms with Crippen LogP contribution in [0.1, 0.15) is 10.4 Å². The van der Waals surface area contributed by atoms with Gasteiger partial charge in [-0.2, -0.15) is 0 Å². The first-order chi connectivity index (χ1) is 9.23. The van der Waals surface area contributed by atoms with E-state index in [1.807, 2.05) is 0 Å². The number of rotatable bonds is 5. The lowest BCUT2D eigenvalue weighted by Gasteiger charge is -2.08. The van der Waals surface area contributed by atoms with Gasteiger partial charge in [-0.25, -0.2) is 9.18 Å². The molecular weight excluding hydrogens is 271 g/mol. The number of carboxylic acids is 1. The molecule has 0 saturated heterocycles. The molecule has 0 bridgehead atoms. The van der Waals surface area contributed by atoms with E-state index in [0.29, 0.717) is 6.07 Å². The molecule has 0 amide bonds. The highest BCUT2D eigenvalue weighted by molar-refractivity contribution is 6.23. The van der Waals surface area contributed by atoms with Gasteiger partial charge in [0.2, 0.25) is 5.78 Å². The molecule has 0 aromatic heterocycles. The van der Waals surface area contributed by atoms with E-state index in [4.69, 9.17) is 5.11 Å². The van der Waals surface area contributed by atoms with Crippen LogP contribution in [0.5, 0.6) is 0 Å². The molecule has 1 aromatic rings. The molecule has 1 rings (SSSR count). The van der Waals surface area contributed by atoms with Crippen LogP contribution in [-0.2, 0) is 4.79 Å². The summed E-state index contributed by atoms with van der Waals surface area (Å²) in [6, 6.07) is 2.35. The number of aliphatic carboxylic acids is 1. The predicted octanol–water partition coefficient (Wildman–Crippen LogP) is 1.45. The fourth-order valence-electron chi connectivity index (χ4n) is 1.42. The van der Waals surface area contributed by atoms with Crippen LogP contribution in [0.4, 0.5) is 10.1 Å². The van der Waals surface area contributed by atoms with Crippen LogP contribution in [0.2, 0.25) is 0 Å². The van der Waals surface area contributed by atoms with Crippen molar-refractivity contribution in [3.63, 3.8) is 0 Å². The number of halogens is 1. The minimum atomic E-state index is -1.55. The zero-order valence-corrected chi connectivity index (χ0v) is 10.7. The van der Waals surface area contributed by atoms with Gasteiger partial charge in [-0.1, -0.05) is 0 Å². The molecule has 7 nitrogen and oxygen atoms in total. The second-order valence-corrected chi connectivity index (χ2v) is 4.06. The Balaban J connectivity index is 3.35. The molecule has 0 aliphatic heterocycles. The Morgan fingerprint density at radius 2 is 2.00 bits per heavy atom. The lowest BCUT2D eigenvalue weighted by molar-refractivity contribution is -0.384. The first kappa shape index (κ1) is 15.3. The van der Waals surface area contributed by atoms with Crippen molar-refractivity contribution in [1.29, 1.82) is 0 Å². The van der Waals surface area contributed by atoms with Gasteiger partial charge < -0.3 is 10.0 Å². The summed E-state index contributed by atoms with van der Waals surface area (Å²) in [6.07, 6.45) is 1.00. The van der Waals surface area contributed by atoms with Gasteiger partial charge in [-0.05, 0) is 6.07 Å². The third kappa shape index (κ3) is 3.37. The summed E-state index contributed by atoms with van der Waals surface area (Å²) >= 11 is 0. The van der Waals surface area contributed by atoms with E-state index < -0.39 is 39.3 Å². The maximum Gasteiger partial charge on any atom is 0.341 e. The Bertz CT molecular complexity index is 610. The van der Waals surface area contributed by atoms with Gasteiger partial charge in [0.1, 0.15) is 11.4 Å². The number of benzene rings is 1. The molecule has 0 saturated carbocycles. The number of carboxylic acid groups (broad SMARTS) is 1. The van der Waals surface area contributed by atoms with Gasteiger partial charge in [-0.15, -0.1) is 0 Å². The lowest BCUT2D eigenvalue weighted by atomic mass is 10.0. The number of carbonyl (C=O) groups is 2. The monoisotopic (exact) mass is 282 g/mol. The third-order valence-electron chi connectivity index (χ3n) is 2.27. The summed E-state index contributed by atoms with van der Waals surface area (Å²) < 4.78 is 13.6. The summed E-state index contributed by atoms with van der Waals surface area (Å²) in [4.78, 5) is 34.1. The van der Waals surface area contributed by atoms with Gasteiger partial charge in [-0.3, -0.25) is 14.9 Å². The molecule has 8 heteroatoms. The van der Waals surface area contributed by atoms with Gasteiger partial charge in [0.05, 0.1) is 10.5 Å². The Kier molecular flexibility index (Phi) is 4.52. The Morgan fingerprint density at radius 1 is 1.40 bits per heavy atom. The van der Waals surface area contributed by atoms with Crippen molar-refractivity contribution in [3.05, 3.63) is 51.5 Å². The van der Waals surface area contributed by atoms with Crippen molar-refractivity contribution >= 4 is 17.4 Å². The number of hydrogen-bond donors (Lipinski definition) is 1. The summed E-state index contributed by atoms with van der Waals surface area (Å²) in [6.45, 7) is 0. The van der Waals surface area contributed by atoms with Crippen LogP contribution in [0.25, 0.3) is 0 Å². The zero-order valence-electron chi connectivity index (χ0n) is 10.7. The average Bonchev–Trinajstić information content (AvgIpc) is 2.34. The van der Waals surface area contributed by atoms with E-state index in [1.165, 1.54) is 19.0 Å². The molecule has 106 valence electrons. The van der Waals surface area contributed by atoms with Crippen LogP contribution >= 0.6 is 0 Å². The first-order valence-corrected chi connectivity index (χ1v) is 5.34. The van der Waals surface area contributed by atoms with Crippen LogP contribution in [0, 0.1) is 15.9 Å². The molecule has 0 fully saturated rings. The Hall–Kier alpha value is -2.77. The molecule has 0 atom stereocenters. The third-order valence-corrected chi connectivity index (χ3v) is 2.27. The smallest absolute Gasteiger partial charge is 0.341 e. The number of hydrogen-bond acceptors (Lipinski definition) is 5. The summed E-state index contributed by atoms with van der Waals surface area (Å²) in [7, 11) is 2.97. The Morgan fingerprint density at radius 3 is 2.45 bits per heavy atom. The highest BCUT2D eigenvalue weighted by Gasteiger charge is 2.24. The SMILES string of the molecule is CN(C)/C=C(/C(=O)O)C(=O)c1cc([N+](=O)[O-])ccc1F. The number of nitrogens with zero attached hydrogens (tertiary/aromatic N) is 2. The van der Waals surface area contributed by atoms with Crippen molar-refractivity contribution in [3.8, 4) is 0 Å². The molecule has 0 unspecified atom stereocenters. The van der Waals surface area contributed by atoms with Crippen molar-refractivity contribution in [2.24, 2.45) is 0 Å². The van der Waals surface area contributed by atoms with Crippen LogP contribution < -0.4 is 0 Å². The highest BCUT2D eigenvalue weighted by Crippen LogP contribution is 2.20. The maximum absolute atomic E-state index is 13.6. The number of ketones is 1. The van der Waals surface area contributed by atoms with Gasteiger partial charge in [0.15, 0.2) is 0 Å². The fraction of sp³-hybridized carbons (Fsp3) is 0.167. The standard InChI is InChI=1S/C12H11FN2O5/c1-14(2)6-9(12(17)18)11(16)8-5-7(15(19)20)3-4-10(8)13/h3-6H,1-2H3,(H,17,18)/b9-6+. The van der Waals surface area contributed by atoms with E-state index in [2.05, 4.69) is 0 Å². The molecule has 0 aliphatic rings. The van der Waals surface area contributed by atoms with Crippen molar-refractivity contribution in [1.82, 2.24) is 4.90 Å². The lowest BCUT2D eigenvalue weighted by Crippen LogP contribution is -2.17. The summed E-state index contributed by atoms with van der Waals surface area (Å²) in [5.41, 5.74) is -1.84. The molecular formula is C12H11FN2O5. The van der Waals surface area contributed by atoms with Crippen molar-refractivity contribution in [2.45, 2.75) is 0 Å². The summed E-state index contributed by atoms with van der Waals surface area (Å²) in [5, 5.41) is 19.6. The molecule has 0 heterocycles. The van der Waals surface area contributed by atoms with E-state index in [9.17, 15) is 24.1 Å². The number of non-ortho nitro benzene ring substituents is 1. The first-order valence-electron chi connectivity index (χ1n) is 5.34. The number of Topliss-reactive ketones (excluding diaryl/α,β-unsaturated/α-hetero) is 1. The van der Waals surface area contributed by atoms with Gasteiger partial charge in [0.25, 0.3) is 5.69 Å². The number of nitro benzene ring substituents is 1. The molecule has 0 spiro atoms. The van der Waals surface area contributed by atoms with E-state index in [-0.39, 0.29) is 0 Å². The van der Waals surface area contributed by atoms with E-state index in [0.717, 1.165) is 18.3 Å². The van der Waals surface area contributed by atoms with Crippen LogP contribution in [0.3, 0.4) is 0 Å².